The van der Waals surface area contributed by atoms with Crippen molar-refractivity contribution in [1.29, 1.82) is 0 Å². The molecule has 0 fully saturated rings. The molecule has 0 bridgehead atoms. The van der Waals surface area contributed by atoms with Crippen LogP contribution in [0.2, 0.25) is 0 Å². The molecule has 0 aliphatic heterocycles. The molecule has 0 saturated carbocycles. The van der Waals surface area contributed by atoms with E-state index in [-0.39, 0.29) is 23.0 Å². The van der Waals surface area contributed by atoms with Gasteiger partial charge in [-0.1, -0.05) is 12.1 Å². The number of carbonyl (C=O) groups excluding carboxylic acids is 1. The lowest BCUT2D eigenvalue weighted by molar-refractivity contribution is 0.101. The Labute approximate surface area is 144 Å². The summed E-state index contributed by atoms with van der Waals surface area (Å²) in [5, 5.41) is 0.741. The van der Waals surface area contributed by atoms with E-state index in [0.717, 1.165) is 16.5 Å². The van der Waals surface area contributed by atoms with E-state index in [9.17, 15) is 17.6 Å². The summed E-state index contributed by atoms with van der Waals surface area (Å²) < 4.78 is 40.5. The van der Waals surface area contributed by atoms with Crippen LogP contribution in [0.3, 0.4) is 0 Å². The van der Waals surface area contributed by atoms with Gasteiger partial charge >= 0.3 is 0 Å². The predicted octanol–water partition coefficient (Wildman–Crippen LogP) is 3.03. The van der Waals surface area contributed by atoms with Crippen molar-refractivity contribution in [2.24, 2.45) is 0 Å². The van der Waals surface area contributed by atoms with Gasteiger partial charge in [0.05, 0.1) is 4.90 Å². The topological polar surface area (TPSA) is 79.0 Å². The molecule has 130 valence electrons. The number of hydrogen-bond donors (Lipinski definition) is 2. The first-order valence-electron chi connectivity index (χ1n) is 7.73. The zero-order valence-corrected chi connectivity index (χ0v) is 14.4. The van der Waals surface area contributed by atoms with E-state index in [2.05, 4.69) is 9.71 Å². The van der Waals surface area contributed by atoms with Gasteiger partial charge in [-0.05, 0) is 49.2 Å². The molecule has 3 aromatic rings. The maximum absolute atomic E-state index is 13.4. The van der Waals surface area contributed by atoms with E-state index in [1.165, 1.54) is 43.3 Å². The van der Waals surface area contributed by atoms with E-state index < -0.39 is 10.0 Å². The Bertz CT molecular complexity index is 1020. The molecule has 3 rings (SSSR count). The third-order valence-corrected chi connectivity index (χ3v) is 5.46. The fourth-order valence-electron chi connectivity index (χ4n) is 2.63. The van der Waals surface area contributed by atoms with Gasteiger partial charge in [-0.2, -0.15) is 0 Å². The van der Waals surface area contributed by atoms with Crippen LogP contribution >= 0.6 is 0 Å². The van der Waals surface area contributed by atoms with E-state index in [0.29, 0.717) is 12.0 Å². The second-order valence-electron chi connectivity index (χ2n) is 5.73. The molecule has 0 aliphatic carbocycles. The second-order valence-corrected chi connectivity index (χ2v) is 7.50. The van der Waals surface area contributed by atoms with Crippen LogP contribution < -0.4 is 4.72 Å². The maximum Gasteiger partial charge on any atom is 0.240 e. The Balaban J connectivity index is 1.69. The zero-order chi connectivity index (χ0) is 18.0. The summed E-state index contributed by atoms with van der Waals surface area (Å²) in [6.07, 6.45) is 2.17. The SMILES string of the molecule is CC(=O)c1ccc(S(=O)(=O)NCCc2c[nH]c3ccc(F)cc23)cc1. The number of sulfonamides is 1. The summed E-state index contributed by atoms with van der Waals surface area (Å²) in [6.45, 7) is 1.60. The lowest BCUT2D eigenvalue weighted by Gasteiger charge is -2.07. The van der Waals surface area contributed by atoms with Crippen molar-refractivity contribution in [3.8, 4) is 0 Å². The number of rotatable bonds is 6. The number of benzene rings is 2. The Morgan fingerprint density at radius 3 is 2.56 bits per heavy atom. The average molecular weight is 360 g/mol. The number of halogens is 1. The maximum atomic E-state index is 13.4. The highest BCUT2D eigenvalue weighted by Gasteiger charge is 2.14. The van der Waals surface area contributed by atoms with Gasteiger partial charge in [-0.25, -0.2) is 17.5 Å². The lowest BCUT2D eigenvalue weighted by Crippen LogP contribution is -2.26. The van der Waals surface area contributed by atoms with Crippen molar-refractivity contribution in [3.05, 3.63) is 65.6 Å². The second kappa shape index (κ2) is 6.78. The summed E-state index contributed by atoms with van der Waals surface area (Å²) in [5.41, 5.74) is 2.10. The first kappa shape index (κ1) is 17.3. The molecular formula is C18H17FN2O3S. The quantitative estimate of drug-likeness (QED) is 0.663. The van der Waals surface area contributed by atoms with Crippen LogP contribution in [0, 0.1) is 5.82 Å². The smallest absolute Gasteiger partial charge is 0.240 e. The molecule has 5 nitrogen and oxygen atoms in total. The number of aromatic nitrogens is 1. The summed E-state index contributed by atoms with van der Waals surface area (Å²) >= 11 is 0. The fraction of sp³-hybridized carbons (Fsp3) is 0.167. The van der Waals surface area contributed by atoms with Gasteiger partial charge in [0.15, 0.2) is 5.78 Å². The summed E-state index contributed by atoms with van der Waals surface area (Å²) in [6, 6.07) is 10.2. The Kier molecular flexibility index (Phi) is 4.69. The highest BCUT2D eigenvalue weighted by atomic mass is 32.2. The Morgan fingerprint density at radius 2 is 1.88 bits per heavy atom. The molecule has 0 saturated heterocycles. The minimum atomic E-state index is -3.66. The van der Waals surface area contributed by atoms with Crippen molar-refractivity contribution in [1.82, 2.24) is 9.71 Å². The van der Waals surface area contributed by atoms with Gasteiger partial charge in [-0.3, -0.25) is 4.79 Å². The zero-order valence-electron chi connectivity index (χ0n) is 13.5. The first-order chi connectivity index (χ1) is 11.9. The summed E-state index contributed by atoms with van der Waals surface area (Å²) in [4.78, 5) is 14.4. The predicted molar refractivity (Wildman–Crippen MR) is 93.6 cm³/mol. The van der Waals surface area contributed by atoms with Gasteiger partial charge in [0.2, 0.25) is 10.0 Å². The molecule has 2 aromatic carbocycles. The van der Waals surface area contributed by atoms with Crippen LogP contribution in [0.5, 0.6) is 0 Å². The lowest BCUT2D eigenvalue weighted by atomic mass is 10.1. The van der Waals surface area contributed by atoms with Crippen LogP contribution in [-0.4, -0.2) is 25.7 Å². The highest BCUT2D eigenvalue weighted by molar-refractivity contribution is 7.89. The number of fused-ring (bicyclic) bond motifs is 1. The number of H-pyrrole nitrogens is 1. The fourth-order valence-corrected chi connectivity index (χ4v) is 3.66. The third kappa shape index (κ3) is 3.78. The average Bonchev–Trinajstić information content (AvgIpc) is 2.97. The molecule has 0 spiro atoms. The third-order valence-electron chi connectivity index (χ3n) is 3.99. The van der Waals surface area contributed by atoms with E-state index in [4.69, 9.17) is 0 Å². The minimum Gasteiger partial charge on any atom is -0.361 e. The van der Waals surface area contributed by atoms with Gasteiger partial charge in [0.25, 0.3) is 0 Å². The van der Waals surface area contributed by atoms with Gasteiger partial charge in [0.1, 0.15) is 5.82 Å². The molecule has 0 atom stereocenters. The van der Waals surface area contributed by atoms with Crippen LogP contribution in [0.4, 0.5) is 4.39 Å². The van der Waals surface area contributed by atoms with Crippen LogP contribution in [-0.2, 0) is 16.4 Å². The van der Waals surface area contributed by atoms with Crippen LogP contribution in [0.1, 0.15) is 22.8 Å². The van der Waals surface area contributed by atoms with Crippen molar-refractivity contribution in [2.45, 2.75) is 18.2 Å². The van der Waals surface area contributed by atoms with Crippen molar-refractivity contribution in [2.75, 3.05) is 6.54 Å². The monoisotopic (exact) mass is 360 g/mol. The largest absolute Gasteiger partial charge is 0.361 e. The molecule has 7 heteroatoms. The van der Waals surface area contributed by atoms with Crippen LogP contribution in [0.25, 0.3) is 10.9 Å². The Morgan fingerprint density at radius 1 is 1.16 bits per heavy atom. The van der Waals surface area contributed by atoms with E-state index >= 15 is 0 Å². The van der Waals surface area contributed by atoms with Crippen molar-refractivity contribution < 1.29 is 17.6 Å². The number of hydrogen-bond acceptors (Lipinski definition) is 3. The molecule has 1 heterocycles. The molecular weight excluding hydrogens is 343 g/mol. The molecule has 1 aromatic heterocycles. The normalized spacial score (nSPS) is 11.8. The van der Waals surface area contributed by atoms with Crippen molar-refractivity contribution in [3.63, 3.8) is 0 Å². The standard InChI is InChI=1S/C18H17FN2O3S/c1-12(22)13-2-5-16(6-3-13)25(23,24)21-9-8-14-11-20-18-7-4-15(19)10-17(14)18/h2-7,10-11,20-21H,8-9H2,1H3. The van der Waals surface area contributed by atoms with Gasteiger partial charge < -0.3 is 4.98 Å². The molecule has 25 heavy (non-hydrogen) atoms. The van der Waals surface area contributed by atoms with E-state index in [1.807, 2.05) is 0 Å². The summed E-state index contributed by atoms with van der Waals surface area (Å²) in [7, 11) is -3.66. The number of nitrogens with one attached hydrogen (secondary N) is 2. The molecule has 0 amide bonds. The highest BCUT2D eigenvalue weighted by Crippen LogP contribution is 2.20. The number of carbonyl (C=O) groups is 1. The van der Waals surface area contributed by atoms with Gasteiger partial charge in [-0.15, -0.1) is 0 Å². The minimum absolute atomic E-state index is 0.0995. The number of Topliss-reactive ketones (excluding diaryl/α,β-unsaturated/α-hetero) is 1. The molecule has 0 aliphatic rings. The van der Waals surface area contributed by atoms with Crippen molar-refractivity contribution >= 4 is 26.7 Å². The number of aromatic amines is 1. The molecule has 0 unspecified atom stereocenters. The molecule has 0 radical (unpaired) electrons. The summed E-state index contributed by atoms with van der Waals surface area (Å²) in [5.74, 6) is -0.456. The van der Waals surface area contributed by atoms with Gasteiger partial charge in [0, 0.05) is 29.2 Å². The Hall–Kier alpha value is -2.51. The molecule has 2 N–H and O–H groups in total. The van der Waals surface area contributed by atoms with Crippen LogP contribution in [0.15, 0.2) is 53.6 Å². The number of ketones is 1. The first-order valence-corrected chi connectivity index (χ1v) is 9.21. The van der Waals surface area contributed by atoms with E-state index in [1.54, 1.807) is 12.3 Å².